The van der Waals surface area contributed by atoms with Gasteiger partial charge in [-0.3, -0.25) is 19.9 Å². The second-order valence-corrected chi connectivity index (χ2v) is 6.42. The summed E-state index contributed by atoms with van der Waals surface area (Å²) in [4.78, 5) is 27.3. The quantitative estimate of drug-likeness (QED) is 0.510. The zero-order valence-electron chi connectivity index (χ0n) is 13.1. The first kappa shape index (κ1) is 16.0. The van der Waals surface area contributed by atoms with Crippen LogP contribution in [-0.2, 0) is 4.79 Å². The molecule has 1 aromatic carbocycles. The lowest BCUT2D eigenvalue weighted by molar-refractivity contribution is -0.115. The van der Waals surface area contributed by atoms with Gasteiger partial charge in [0.15, 0.2) is 5.58 Å². The van der Waals surface area contributed by atoms with E-state index in [2.05, 4.69) is 22.1 Å². The van der Waals surface area contributed by atoms with Gasteiger partial charge in [-0.25, -0.2) is 0 Å². The van der Waals surface area contributed by atoms with E-state index in [1.165, 1.54) is 6.08 Å². The molecule has 1 aliphatic heterocycles. The number of benzene rings is 1. The molecule has 1 fully saturated rings. The predicted octanol–water partition coefficient (Wildman–Crippen LogP) is 3.26. The average Bonchev–Trinajstić information content (AvgIpc) is 3.15. The van der Waals surface area contributed by atoms with Gasteiger partial charge in [0.1, 0.15) is 11.5 Å². The summed E-state index contributed by atoms with van der Waals surface area (Å²) in [5.41, 5.74) is 1.78. The summed E-state index contributed by atoms with van der Waals surface area (Å²) in [5, 5.41) is 12.0. The van der Waals surface area contributed by atoms with E-state index in [1.54, 1.807) is 42.7 Å². The van der Waals surface area contributed by atoms with Crippen LogP contribution in [0.4, 0.5) is 4.79 Å². The molecular formula is C19H10N2O4S. The van der Waals surface area contributed by atoms with Crippen molar-refractivity contribution in [3.8, 4) is 17.6 Å². The minimum Gasteiger partial charge on any atom is -0.508 e. The number of nitrogens with zero attached hydrogens (tertiary/aromatic N) is 1. The summed E-state index contributed by atoms with van der Waals surface area (Å²) in [5.74, 6) is 6.06. The first-order valence-corrected chi connectivity index (χ1v) is 8.33. The van der Waals surface area contributed by atoms with Crippen molar-refractivity contribution < 1.29 is 19.1 Å². The fourth-order valence-corrected chi connectivity index (χ4v) is 3.08. The van der Waals surface area contributed by atoms with Gasteiger partial charge in [-0.1, -0.05) is 17.9 Å². The lowest BCUT2D eigenvalue weighted by Gasteiger charge is -1.93. The van der Waals surface area contributed by atoms with Crippen molar-refractivity contribution >= 4 is 40.0 Å². The number of hydrogen-bond donors (Lipinski definition) is 2. The topological polar surface area (TPSA) is 92.4 Å². The molecule has 126 valence electrons. The second kappa shape index (κ2) is 6.43. The van der Waals surface area contributed by atoms with Crippen molar-refractivity contribution in [1.29, 1.82) is 0 Å². The maximum atomic E-state index is 11.6. The van der Waals surface area contributed by atoms with E-state index in [-0.39, 0.29) is 10.7 Å². The molecule has 0 aliphatic carbocycles. The van der Waals surface area contributed by atoms with E-state index in [9.17, 15) is 14.7 Å². The SMILES string of the molecule is O=C1NC(=O)C(=Cc2cc3cncc(C#Cc4cccc(O)c4)c3o2)S1. The molecule has 0 unspecified atom stereocenters. The second-order valence-electron chi connectivity index (χ2n) is 5.41. The van der Waals surface area contributed by atoms with Gasteiger partial charge in [0.2, 0.25) is 0 Å². The monoisotopic (exact) mass is 362 g/mol. The number of aromatic hydroxyl groups is 1. The van der Waals surface area contributed by atoms with Gasteiger partial charge < -0.3 is 9.52 Å². The lowest BCUT2D eigenvalue weighted by Crippen LogP contribution is -2.17. The minimum absolute atomic E-state index is 0.141. The molecule has 3 heterocycles. The molecule has 2 amide bonds. The van der Waals surface area contributed by atoms with Crippen LogP contribution in [0.1, 0.15) is 16.9 Å². The number of pyridine rings is 1. The van der Waals surface area contributed by atoms with Crippen molar-refractivity contribution in [1.82, 2.24) is 10.3 Å². The first-order valence-electron chi connectivity index (χ1n) is 7.52. The number of nitrogens with one attached hydrogen (secondary N) is 1. The van der Waals surface area contributed by atoms with Crippen LogP contribution in [0.2, 0.25) is 0 Å². The standard InChI is InChI=1S/C19H10N2O4S/c22-14-3-1-2-11(6-14)4-5-12-9-20-10-13-7-15(25-17(12)13)8-16-18(23)21-19(24)26-16/h1-3,6-10,22H,(H,21,23,24). The normalized spacial score (nSPS) is 15.2. The molecule has 0 spiro atoms. The van der Waals surface area contributed by atoms with Gasteiger partial charge >= 0.3 is 0 Å². The van der Waals surface area contributed by atoms with Gasteiger partial charge in [0.25, 0.3) is 11.1 Å². The molecule has 0 atom stereocenters. The molecule has 2 N–H and O–H groups in total. The van der Waals surface area contributed by atoms with E-state index in [1.807, 2.05) is 0 Å². The van der Waals surface area contributed by atoms with E-state index < -0.39 is 11.1 Å². The zero-order chi connectivity index (χ0) is 18.1. The number of furan rings is 1. The van der Waals surface area contributed by atoms with Crippen molar-refractivity contribution in [2.24, 2.45) is 0 Å². The van der Waals surface area contributed by atoms with Crippen LogP contribution in [0.25, 0.3) is 17.0 Å². The summed E-state index contributed by atoms with van der Waals surface area (Å²) >= 11 is 0.826. The number of amides is 2. The number of phenolic OH excluding ortho intramolecular Hbond substituents is 1. The van der Waals surface area contributed by atoms with Crippen LogP contribution in [0, 0.1) is 11.8 Å². The number of phenols is 1. The van der Waals surface area contributed by atoms with Gasteiger partial charge in [-0.2, -0.15) is 0 Å². The Kier molecular flexibility index (Phi) is 3.95. The van der Waals surface area contributed by atoms with Crippen LogP contribution >= 0.6 is 11.8 Å². The van der Waals surface area contributed by atoms with Crippen LogP contribution in [-0.4, -0.2) is 21.2 Å². The Hall–Kier alpha value is -3.50. The Morgan fingerprint density at radius 3 is 2.85 bits per heavy atom. The molecule has 1 aliphatic rings. The summed E-state index contributed by atoms with van der Waals surface area (Å²) in [6.45, 7) is 0. The number of aromatic nitrogens is 1. The molecule has 3 aromatic rings. The lowest BCUT2D eigenvalue weighted by atomic mass is 10.2. The number of hydrogen-bond acceptors (Lipinski definition) is 6. The Morgan fingerprint density at radius 2 is 2.08 bits per heavy atom. The van der Waals surface area contributed by atoms with Gasteiger partial charge in [0, 0.05) is 29.4 Å². The highest BCUT2D eigenvalue weighted by molar-refractivity contribution is 8.18. The van der Waals surface area contributed by atoms with Crippen molar-refractivity contribution in [3.05, 3.63) is 64.5 Å². The van der Waals surface area contributed by atoms with Crippen LogP contribution in [0.3, 0.4) is 0 Å². The highest BCUT2D eigenvalue weighted by atomic mass is 32.2. The number of rotatable bonds is 1. The molecule has 0 saturated carbocycles. The third-order valence-corrected chi connectivity index (χ3v) is 4.36. The van der Waals surface area contributed by atoms with Crippen molar-refractivity contribution in [3.63, 3.8) is 0 Å². The number of imide groups is 1. The molecule has 0 radical (unpaired) electrons. The number of carbonyl (C=O) groups excluding carboxylic acids is 2. The number of carbonyl (C=O) groups is 2. The van der Waals surface area contributed by atoms with E-state index in [0.29, 0.717) is 22.5 Å². The molecule has 6 nitrogen and oxygen atoms in total. The molecule has 7 heteroatoms. The summed E-state index contributed by atoms with van der Waals surface area (Å²) in [6.07, 6.45) is 4.73. The highest BCUT2D eigenvalue weighted by Crippen LogP contribution is 2.28. The maximum absolute atomic E-state index is 11.6. The maximum Gasteiger partial charge on any atom is 0.290 e. The smallest absolute Gasteiger partial charge is 0.290 e. The average molecular weight is 362 g/mol. The van der Waals surface area contributed by atoms with Crippen molar-refractivity contribution in [2.45, 2.75) is 0 Å². The van der Waals surface area contributed by atoms with E-state index in [4.69, 9.17) is 4.42 Å². The Bertz CT molecular complexity index is 1150. The fraction of sp³-hybridized carbons (Fsp3) is 0. The highest BCUT2D eigenvalue weighted by Gasteiger charge is 2.25. The van der Waals surface area contributed by atoms with Crippen LogP contribution in [0.15, 0.2) is 52.0 Å². The number of fused-ring (bicyclic) bond motifs is 1. The summed E-state index contributed by atoms with van der Waals surface area (Å²) in [6, 6.07) is 8.35. The fourth-order valence-electron chi connectivity index (χ4n) is 2.42. The van der Waals surface area contributed by atoms with Crippen molar-refractivity contribution in [2.75, 3.05) is 0 Å². The Morgan fingerprint density at radius 1 is 1.19 bits per heavy atom. The molecule has 1 saturated heterocycles. The minimum atomic E-state index is -0.442. The van der Waals surface area contributed by atoms with E-state index in [0.717, 1.165) is 17.1 Å². The first-order chi connectivity index (χ1) is 12.6. The van der Waals surface area contributed by atoms with Gasteiger partial charge in [-0.05, 0) is 36.0 Å². The summed E-state index contributed by atoms with van der Waals surface area (Å²) in [7, 11) is 0. The zero-order valence-corrected chi connectivity index (χ0v) is 14.0. The summed E-state index contributed by atoms with van der Waals surface area (Å²) < 4.78 is 5.78. The predicted molar refractivity (Wildman–Crippen MR) is 97.2 cm³/mol. The molecular weight excluding hydrogens is 352 g/mol. The third kappa shape index (κ3) is 3.18. The van der Waals surface area contributed by atoms with Gasteiger partial charge in [-0.15, -0.1) is 0 Å². The number of thioether (sulfide) groups is 1. The van der Waals surface area contributed by atoms with Gasteiger partial charge in [0.05, 0.1) is 10.5 Å². The Balaban J connectivity index is 1.72. The van der Waals surface area contributed by atoms with Crippen LogP contribution in [0.5, 0.6) is 5.75 Å². The molecule has 2 aromatic heterocycles. The third-order valence-electron chi connectivity index (χ3n) is 3.54. The molecule has 26 heavy (non-hydrogen) atoms. The molecule has 4 rings (SSSR count). The van der Waals surface area contributed by atoms with E-state index >= 15 is 0 Å². The van der Waals surface area contributed by atoms with Crippen LogP contribution < -0.4 is 5.32 Å². The largest absolute Gasteiger partial charge is 0.508 e. The Labute approximate surface area is 151 Å². The molecule has 0 bridgehead atoms.